The standard InChI is InChI=1S/C21H16FN3O2S/c1-24-20(27)17(19(26)23-21(24)28)11-13-5-6-18-15(9-13)7-8-25(18)12-14-3-2-4-16(22)10-14/h2-11H,12H2,1H3,(H,23,26,28)/b17-11-. The van der Waals surface area contributed by atoms with Crippen molar-refractivity contribution in [3.05, 3.63) is 77.2 Å². The number of amides is 2. The summed E-state index contributed by atoms with van der Waals surface area (Å²) >= 11 is 4.95. The van der Waals surface area contributed by atoms with Gasteiger partial charge in [0.1, 0.15) is 11.4 Å². The molecule has 0 atom stereocenters. The molecular formula is C21H16FN3O2S. The maximum Gasteiger partial charge on any atom is 0.265 e. The van der Waals surface area contributed by atoms with Gasteiger partial charge >= 0.3 is 0 Å². The van der Waals surface area contributed by atoms with Crippen LogP contribution in [0.15, 0.2) is 60.3 Å². The molecule has 4 rings (SSSR count). The fourth-order valence-electron chi connectivity index (χ4n) is 3.19. The molecule has 1 fully saturated rings. The Kier molecular flexibility index (Phi) is 4.52. The van der Waals surface area contributed by atoms with Gasteiger partial charge in [-0.2, -0.15) is 0 Å². The summed E-state index contributed by atoms with van der Waals surface area (Å²) in [4.78, 5) is 25.7. The topological polar surface area (TPSA) is 54.3 Å². The quantitative estimate of drug-likeness (QED) is 0.423. The second kappa shape index (κ2) is 7.01. The van der Waals surface area contributed by atoms with E-state index in [1.807, 2.05) is 41.1 Å². The van der Waals surface area contributed by atoms with E-state index >= 15 is 0 Å². The van der Waals surface area contributed by atoms with Gasteiger partial charge in [0.15, 0.2) is 5.11 Å². The first-order valence-electron chi connectivity index (χ1n) is 8.61. The van der Waals surface area contributed by atoms with Gasteiger partial charge in [0.2, 0.25) is 0 Å². The number of rotatable bonds is 3. The molecule has 0 spiro atoms. The van der Waals surface area contributed by atoms with Crippen molar-refractivity contribution in [2.45, 2.75) is 6.54 Å². The molecule has 1 N–H and O–H groups in total. The van der Waals surface area contributed by atoms with Crippen LogP contribution in [0.4, 0.5) is 4.39 Å². The van der Waals surface area contributed by atoms with Crippen molar-refractivity contribution in [2.24, 2.45) is 0 Å². The molecule has 7 heteroatoms. The number of likely N-dealkylation sites (N-methyl/N-ethyl adjacent to an activating group) is 1. The number of hydrogen-bond donors (Lipinski definition) is 1. The number of thiocarbonyl (C=S) groups is 1. The van der Waals surface area contributed by atoms with E-state index in [0.717, 1.165) is 22.0 Å². The van der Waals surface area contributed by atoms with Gasteiger partial charge in [-0.1, -0.05) is 18.2 Å². The zero-order valence-electron chi connectivity index (χ0n) is 15.0. The van der Waals surface area contributed by atoms with Crippen LogP contribution in [-0.4, -0.2) is 33.4 Å². The number of aromatic nitrogens is 1. The summed E-state index contributed by atoms with van der Waals surface area (Å²) in [6, 6.07) is 14.1. The number of hydrogen-bond acceptors (Lipinski definition) is 3. The Hall–Kier alpha value is -3.32. The van der Waals surface area contributed by atoms with Crippen LogP contribution < -0.4 is 5.32 Å². The average molecular weight is 393 g/mol. The van der Waals surface area contributed by atoms with E-state index < -0.39 is 11.8 Å². The summed E-state index contributed by atoms with van der Waals surface area (Å²) in [5, 5.41) is 3.55. The van der Waals surface area contributed by atoms with Gasteiger partial charge in [-0.15, -0.1) is 0 Å². The van der Waals surface area contributed by atoms with Crippen LogP contribution in [0.1, 0.15) is 11.1 Å². The van der Waals surface area contributed by atoms with Crippen molar-refractivity contribution in [3.8, 4) is 0 Å². The summed E-state index contributed by atoms with van der Waals surface area (Å²) < 4.78 is 15.4. The minimum Gasteiger partial charge on any atom is -0.343 e. The normalized spacial score (nSPS) is 16.1. The number of halogens is 1. The van der Waals surface area contributed by atoms with Crippen molar-refractivity contribution in [1.29, 1.82) is 0 Å². The molecule has 140 valence electrons. The number of nitrogens with zero attached hydrogens (tertiary/aromatic N) is 2. The fourth-order valence-corrected chi connectivity index (χ4v) is 3.37. The highest BCUT2D eigenvalue weighted by atomic mass is 32.1. The summed E-state index contributed by atoms with van der Waals surface area (Å²) in [5.74, 6) is -1.20. The molecule has 2 amide bonds. The minimum atomic E-state index is -0.503. The van der Waals surface area contributed by atoms with E-state index in [2.05, 4.69) is 5.32 Å². The molecule has 1 aliphatic heterocycles. The van der Waals surface area contributed by atoms with E-state index in [1.165, 1.54) is 24.1 Å². The van der Waals surface area contributed by atoms with Crippen LogP contribution in [0.2, 0.25) is 0 Å². The highest BCUT2D eigenvalue weighted by Gasteiger charge is 2.30. The SMILES string of the molecule is CN1C(=O)/C(=C\c2ccc3c(ccn3Cc3cccc(F)c3)c2)C(=O)NC1=S. The third kappa shape index (κ3) is 3.32. The van der Waals surface area contributed by atoms with Crippen molar-refractivity contribution in [3.63, 3.8) is 0 Å². The molecule has 2 heterocycles. The lowest BCUT2D eigenvalue weighted by Crippen LogP contribution is -2.52. The second-order valence-electron chi connectivity index (χ2n) is 6.57. The number of benzene rings is 2. The molecule has 2 aromatic carbocycles. The van der Waals surface area contributed by atoms with Gasteiger partial charge in [0.25, 0.3) is 11.8 Å². The lowest BCUT2D eigenvalue weighted by Gasteiger charge is -2.25. The first-order valence-corrected chi connectivity index (χ1v) is 9.01. The lowest BCUT2D eigenvalue weighted by atomic mass is 10.1. The highest BCUT2D eigenvalue weighted by molar-refractivity contribution is 7.80. The predicted octanol–water partition coefficient (Wildman–Crippen LogP) is 3.09. The smallest absolute Gasteiger partial charge is 0.265 e. The Morgan fingerprint density at radius 2 is 1.96 bits per heavy atom. The predicted molar refractivity (Wildman–Crippen MR) is 109 cm³/mol. The van der Waals surface area contributed by atoms with E-state index in [1.54, 1.807) is 12.1 Å². The molecule has 3 aromatic rings. The van der Waals surface area contributed by atoms with Gasteiger partial charge in [0.05, 0.1) is 0 Å². The van der Waals surface area contributed by atoms with Gasteiger partial charge in [-0.3, -0.25) is 19.8 Å². The van der Waals surface area contributed by atoms with Crippen LogP contribution in [-0.2, 0) is 16.1 Å². The number of fused-ring (bicyclic) bond motifs is 1. The van der Waals surface area contributed by atoms with Crippen molar-refractivity contribution in [1.82, 2.24) is 14.8 Å². The lowest BCUT2D eigenvalue weighted by molar-refractivity contribution is -0.128. The molecule has 0 unspecified atom stereocenters. The zero-order chi connectivity index (χ0) is 19.8. The Labute approximate surface area is 166 Å². The number of nitrogens with one attached hydrogen (secondary N) is 1. The van der Waals surface area contributed by atoms with Crippen molar-refractivity contribution in [2.75, 3.05) is 7.05 Å². The molecule has 1 aromatic heterocycles. The molecule has 1 saturated heterocycles. The van der Waals surface area contributed by atoms with Crippen LogP contribution >= 0.6 is 12.2 Å². The Bertz CT molecular complexity index is 1170. The van der Waals surface area contributed by atoms with Crippen LogP contribution in [0.5, 0.6) is 0 Å². The molecule has 5 nitrogen and oxygen atoms in total. The molecule has 0 bridgehead atoms. The molecule has 0 aliphatic carbocycles. The molecule has 1 aliphatic rings. The van der Waals surface area contributed by atoms with E-state index in [0.29, 0.717) is 6.54 Å². The molecule has 0 saturated carbocycles. The fraction of sp³-hybridized carbons (Fsp3) is 0.0952. The van der Waals surface area contributed by atoms with E-state index in [-0.39, 0.29) is 16.5 Å². The van der Waals surface area contributed by atoms with Crippen LogP contribution in [0, 0.1) is 5.82 Å². The van der Waals surface area contributed by atoms with Gasteiger partial charge in [-0.05, 0) is 59.8 Å². The molecular weight excluding hydrogens is 377 g/mol. The Morgan fingerprint density at radius 1 is 1.14 bits per heavy atom. The molecule has 0 radical (unpaired) electrons. The summed E-state index contributed by atoms with van der Waals surface area (Å²) in [6.07, 6.45) is 3.48. The summed E-state index contributed by atoms with van der Waals surface area (Å²) in [5.41, 5.74) is 2.61. The van der Waals surface area contributed by atoms with Gasteiger partial charge in [-0.25, -0.2) is 4.39 Å². The first-order chi connectivity index (χ1) is 13.4. The number of carbonyl (C=O) groups is 2. The van der Waals surface area contributed by atoms with Crippen molar-refractivity contribution < 1.29 is 14.0 Å². The third-order valence-electron chi connectivity index (χ3n) is 4.65. The summed E-state index contributed by atoms with van der Waals surface area (Å²) in [7, 11) is 1.52. The zero-order valence-corrected chi connectivity index (χ0v) is 15.8. The van der Waals surface area contributed by atoms with E-state index in [9.17, 15) is 14.0 Å². The largest absolute Gasteiger partial charge is 0.343 e. The molecule has 28 heavy (non-hydrogen) atoms. The first kappa shape index (κ1) is 18.1. The van der Waals surface area contributed by atoms with Gasteiger partial charge < -0.3 is 4.57 Å². The summed E-state index contributed by atoms with van der Waals surface area (Å²) in [6.45, 7) is 0.546. The van der Waals surface area contributed by atoms with Crippen molar-refractivity contribution >= 4 is 46.1 Å². The minimum absolute atomic E-state index is 0.0367. The Balaban J connectivity index is 1.65. The highest BCUT2D eigenvalue weighted by Crippen LogP contribution is 2.22. The van der Waals surface area contributed by atoms with E-state index in [4.69, 9.17) is 12.2 Å². The monoisotopic (exact) mass is 393 g/mol. The second-order valence-corrected chi connectivity index (χ2v) is 6.96. The van der Waals surface area contributed by atoms with Gasteiger partial charge in [0, 0.05) is 30.7 Å². The maximum atomic E-state index is 13.4. The number of carbonyl (C=O) groups excluding carboxylic acids is 2. The Morgan fingerprint density at radius 3 is 2.75 bits per heavy atom. The van der Waals surface area contributed by atoms with Crippen LogP contribution in [0.3, 0.4) is 0 Å². The third-order valence-corrected chi connectivity index (χ3v) is 5.03. The maximum absolute atomic E-state index is 13.4. The van der Waals surface area contributed by atoms with Crippen LogP contribution in [0.25, 0.3) is 17.0 Å². The average Bonchev–Trinajstić information content (AvgIpc) is 3.05.